The van der Waals surface area contributed by atoms with E-state index >= 15 is 0 Å². The summed E-state index contributed by atoms with van der Waals surface area (Å²) in [4.78, 5) is 15.2. The fourth-order valence-electron chi connectivity index (χ4n) is 2.52. The number of aromatic nitrogens is 3. The SMILES string of the molecule is O=[N+]([O-])c1nn(-c2cccc(C(F)(F)F)c2)n(O)c1=NCCc1ccc(Cl)cc1. The van der Waals surface area contributed by atoms with E-state index in [1.165, 1.54) is 6.07 Å². The van der Waals surface area contributed by atoms with Crippen molar-refractivity contribution >= 4 is 17.4 Å². The first-order valence-electron chi connectivity index (χ1n) is 8.15. The normalized spacial score (nSPS) is 12.3. The lowest BCUT2D eigenvalue weighted by atomic mass is 10.1. The summed E-state index contributed by atoms with van der Waals surface area (Å²) in [5.41, 5.74) is -0.837. The average Bonchev–Trinajstić information content (AvgIpc) is 3.00. The lowest BCUT2D eigenvalue weighted by Crippen LogP contribution is -2.23. The first-order chi connectivity index (χ1) is 13.7. The van der Waals surface area contributed by atoms with Crippen LogP contribution >= 0.6 is 11.6 Å². The van der Waals surface area contributed by atoms with Crippen molar-refractivity contribution in [3.63, 3.8) is 0 Å². The van der Waals surface area contributed by atoms with Crippen molar-refractivity contribution in [1.29, 1.82) is 0 Å². The maximum Gasteiger partial charge on any atom is 0.438 e. The van der Waals surface area contributed by atoms with Crippen LogP contribution in [0.2, 0.25) is 5.02 Å². The summed E-state index contributed by atoms with van der Waals surface area (Å²) in [6.45, 7) is 0.0668. The molecular formula is C17H13ClF3N5O3. The van der Waals surface area contributed by atoms with Crippen molar-refractivity contribution in [2.45, 2.75) is 12.6 Å². The van der Waals surface area contributed by atoms with E-state index in [2.05, 4.69) is 10.1 Å². The van der Waals surface area contributed by atoms with Gasteiger partial charge in [0.05, 0.1) is 10.7 Å². The summed E-state index contributed by atoms with van der Waals surface area (Å²) in [5, 5.41) is 25.7. The number of halogens is 4. The molecule has 3 rings (SSSR count). The number of rotatable bonds is 5. The molecule has 0 radical (unpaired) electrons. The van der Waals surface area contributed by atoms with Gasteiger partial charge in [0.15, 0.2) is 0 Å². The molecule has 2 aromatic carbocycles. The number of nitro groups is 1. The molecule has 0 aliphatic rings. The molecular weight excluding hydrogens is 415 g/mol. The van der Waals surface area contributed by atoms with E-state index in [4.69, 9.17) is 11.6 Å². The van der Waals surface area contributed by atoms with Crippen LogP contribution in [0.25, 0.3) is 5.69 Å². The molecule has 12 heteroatoms. The molecule has 0 atom stereocenters. The number of hydrogen-bond donors (Lipinski definition) is 1. The molecule has 1 aromatic heterocycles. The van der Waals surface area contributed by atoms with E-state index in [1.54, 1.807) is 24.3 Å². The van der Waals surface area contributed by atoms with Crippen LogP contribution < -0.4 is 5.49 Å². The second-order valence-electron chi connectivity index (χ2n) is 5.89. The Morgan fingerprint density at radius 3 is 2.52 bits per heavy atom. The summed E-state index contributed by atoms with van der Waals surface area (Å²) in [6.07, 6.45) is -4.23. The summed E-state index contributed by atoms with van der Waals surface area (Å²) in [6, 6.07) is 10.7. The summed E-state index contributed by atoms with van der Waals surface area (Å²) in [5.74, 6) is -0.791. The number of alkyl halides is 3. The van der Waals surface area contributed by atoms with Gasteiger partial charge in [-0.05, 0) is 52.0 Å². The maximum absolute atomic E-state index is 12.9. The molecule has 152 valence electrons. The molecule has 0 aliphatic heterocycles. The molecule has 1 N–H and O–H groups in total. The predicted octanol–water partition coefficient (Wildman–Crippen LogP) is 3.63. The highest BCUT2D eigenvalue weighted by Crippen LogP contribution is 2.30. The van der Waals surface area contributed by atoms with Crippen molar-refractivity contribution in [2.24, 2.45) is 4.99 Å². The van der Waals surface area contributed by atoms with Crippen molar-refractivity contribution in [3.8, 4) is 5.69 Å². The van der Waals surface area contributed by atoms with Crippen LogP contribution in [-0.2, 0) is 12.6 Å². The van der Waals surface area contributed by atoms with E-state index in [-0.39, 0.29) is 17.1 Å². The second-order valence-corrected chi connectivity index (χ2v) is 6.33. The molecule has 1 heterocycles. The fourth-order valence-corrected chi connectivity index (χ4v) is 2.65. The highest BCUT2D eigenvalue weighted by atomic mass is 35.5. The first-order valence-corrected chi connectivity index (χ1v) is 8.53. The summed E-state index contributed by atoms with van der Waals surface area (Å²) in [7, 11) is 0. The largest absolute Gasteiger partial charge is 0.438 e. The van der Waals surface area contributed by atoms with Gasteiger partial charge < -0.3 is 15.3 Å². The predicted molar refractivity (Wildman–Crippen MR) is 96.0 cm³/mol. The molecule has 0 amide bonds. The summed E-state index contributed by atoms with van der Waals surface area (Å²) < 4.78 is 38.7. The first kappa shape index (κ1) is 20.4. The molecule has 0 spiro atoms. The maximum atomic E-state index is 12.9. The Bertz CT molecular complexity index is 1110. The highest BCUT2D eigenvalue weighted by molar-refractivity contribution is 6.30. The molecule has 0 bridgehead atoms. The van der Waals surface area contributed by atoms with Crippen molar-refractivity contribution in [1.82, 2.24) is 14.7 Å². The van der Waals surface area contributed by atoms with E-state index in [0.717, 1.165) is 17.7 Å². The van der Waals surface area contributed by atoms with Gasteiger partial charge in [0.25, 0.3) is 5.49 Å². The van der Waals surface area contributed by atoms with Crippen LogP contribution in [0.1, 0.15) is 11.1 Å². The van der Waals surface area contributed by atoms with Crippen LogP contribution in [0.15, 0.2) is 53.5 Å². The third kappa shape index (κ3) is 4.57. The fraction of sp³-hybridized carbons (Fsp3) is 0.176. The number of hydrogen-bond acceptors (Lipinski definition) is 5. The standard InChI is InChI=1S/C17H13ClF3N5O3/c18-13-6-4-11(5-7-13)8-9-22-15-16(26(28)29)23-24(25(15)27)14-3-1-2-12(10-14)17(19,20)21/h1-7,10,27H,8-9H2. The Labute approximate surface area is 166 Å². The van der Waals surface area contributed by atoms with Crippen LogP contribution in [0.3, 0.4) is 0 Å². The zero-order chi connectivity index (χ0) is 21.2. The minimum Gasteiger partial charge on any atom is -0.409 e. The zero-order valence-corrected chi connectivity index (χ0v) is 15.3. The number of benzene rings is 2. The third-order valence-electron chi connectivity index (χ3n) is 3.91. The molecule has 3 aromatic rings. The molecule has 0 aliphatic carbocycles. The van der Waals surface area contributed by atoms with Gasteiger partial charge in [-0.1, -0.05) is 34.6 Å². The van der Waals surface area contributed by atoms with Gasteiger partial charge in [-0.3, -0.25) is 4.99 Å². The van der Waals surface area contributed by atoms with E-state index < -0.39 is 28.0 Å². The van der Waals surface area contributed by atoms with Gasteiger partial charge in [0.2, 0.25) is 0 Å². The lowest BCUT2D eigenvalue weighted by Gasteiger charge is -2.07. The van der Waals surface area contributed by atoms with E-state index in [0.29, 0.717) is 22.3 Å². The molecule has 29 heavy (non-hydrogen) atoms. The molecule has 0 fully saturated rings. The monoisotopic (exact) mass is 427 g/mol. The molecule has 0 saturated heterocycles. The van der Waals surface area contributed by atoms with Gasteiger partial charge in [-0.25, -0.2) is 0 Å². The van der Waals surface area contributed by atoms with Crippen molar-refractivity contribution in [2.75, 3.05) is 6.54 Å². The highest BCUT2D eigenvalue weighted by Gasteiger charge is 2.32. The molecule has 8 nitrogen and oxygen atoms in total. The van der Waals surface area contributed by atoms with E-state index in [1.807, 2.05) is 0 Å². The Balaban J connectivity index is 1.97. The van der Waals surface area contributed by atoms with Gasteiger partial charge in [-0.2, -0.15) is 13.2 Å². The van der Waals surface area contributed by atoms with Crippen LogP contribution in [0.4, 0.5) is 19.0 Å². The minimum absolute atomic E-state index is 0.0668. The minimum atomic E-state index is -4.62. The van der Waals surface area contributed by atoms with Gasteiger partial charge in [-0.15, -0.1) is 0 Å². The third-order valence-corrected chi connectivity index (χ3v) is 4.16. The smallest absolute Gasteiger partial charge is 0.409 e. The van der Waals surface area contributed by atoms with E-state index in [9.17, 15) is 28.5 Å². The Hall–Kier alpha value is -3.34. The molecule has 0 saturated carbocycles. The van der Waals surface area contributed by atoms with Crippen LogP contribution in [0.5, 0.6) is 0 Å². The quantitative estimate of drug-likeness (QED) is 0.382. The Morgan fingerprint density at radius 1 is 1.21 bits per heavy atom. The zero-order valence-electron chi connectivity index (χ0n) is 14.5. The van der Waals surface area contributed by atoms with Gasteiger partial charge in [0.1, 0.15) is 5.69 Å². The lowest BCUT2D eigenvalue weighted by molar-refractivity contribution is -0.391. The van der Waals surface area contributed by atoms with Gasteiger partial charge >= 0.3 is 12.0 Å². The number of nitrogens with zero attached hydrogens (tertiary/aromatic N) is 5. The van der Waals surface area contributed by atoms with Gasteiger partial charge in [0, 0.05) is 11.6 Å². The Morgan fingerprint density at radius 2 is 1.90 bits per heavy atom. The molecule has 0 unspecified atom stereocenters. The van der Waals surface area contributed by atoms with Crippen LogP contribution in [-0.4, -0.2) is 31.4 Å². The second kappa shape index (κ2) is 7.95. The average molecular weight is 428 g/mol. The van der Waals surface area contributed by atoms with Crippen molar-refractivity contribution in [3.05, 3.63) is 80.3 Å². The van der Waals surface area contributed by atoms with Crippen LogP contribution in [0, 0.1) is 10.1 Å². The topological polar surface area (TPSA) is 98.5 Å². The summed E-state index contributed by atoms with van der Waals surface area (Å²) >= 11 is 5.80. The van der Waals surface area contributed by atoms with Crippen molar-refractivity contribution < 1.29 is 23.3 Å². The Kier molecular flexibility index (Phi) is 5.59.